The van der Waals surface area contributed by atoms with Crippen molar-refractivity contribution in [1.82, 2.24) is 0 Å². The summed E-state index contributed by atoms with van der Waals surface area (Å²) in [5.74, 6) is -0.357. The van der Waals surface area contributed by atoms with E-state index in [0.717, 1.165) is 9.75 Å². The summed E-state index contributed by atoms with van der Waals surface area (Å²) in [5.41, 5.74) is 5.86. The Labute approximate surface area is 83.6 Å². The molecule has 0 aliphatic rings. The van der Waals surface area contributed by atoms with E-state index in [9.17, 15) is 4.79 Å². The third kappa shape index (κ3) is 1.50. The number of nitrogens with two attached hydrogens (primary N) is 1. The second-order valence-corrected chi connectivity index (χ2v) is 4.37. The zero-order valence-corrected chi connectivity index (χ0v) is 8.32. The first-order chi connectivity index (χ1) is 6.29. The third-order valence-corrected chi connectivity index (χ3v) is 3.64. The minimum absolute atomic E-state index is 0.357. The average molecular weight is 209 g/mol. The van der Waals surface area contributed by atoms with E-state index in [4.69, 9.17) is 5.73 Å². The fraction of sp³-hybridized carbons (Fsp3) is 0. The highest BCUT2D eigenvalue weighted by molar-refractivity contribution is 7.20. The number of carbonyl (C=O) groups is 1. The van der Waals surface area contributed by atoms with E-state index in [1.54, 1.807) is 28.7 Å². The Morgan fingerprint density at radius 3 is 2.69 bits per heavy atom. The normalized spacial score (nSPS) is 10.2. The molecule has 0 saturated carbocycles. The Bertz CT molecular complexity index is 417. The molecule has 2 aromatic heterocycles. The van der Waals surface area contributed by atoms with Crippen LogP contribution in [0.3, 0.4) is 0 Å². The van der Waals surface area contributed by atoms with Gasteiger partial charge in [-0.1, -0.05) is 6.07 Å². The fourth-order valence-electron chi connectivity index (χ4n) is 1.10. The largest absolute Gasteiger partial charge is 0.366 e. The van der Waals surface area contributed by atoms with E-state index in [-0.39, 0.29) is 5.91 Å². The van der Waals surface area contributed by atoms with E-state index < -0.39 is 0 Å². The number of carbonyl (C=O) groups excluding carboxylic acids is 1. The molecule has 0 spiro atoms. The van der Waals surface area contributed by atoms with Gasteiger partial charge in [0.1, 0.15) is 0 Å². The molecular formula is C9H7NOS2. The van der Waals surface area contributed by atoms with Gasteiger partial charge >= 0.3 is 0 Å². The van der Waals surface area contributed by atoms with E-state index in [0.29, 0.717) is 5.56 Å². The first-order valence-electron chi connectivity index (χ1n) is 3.70. The molecule has 4 heteroatoms. The number of amides is 1. The second kappa shape index (κ2) is 3.32. The minimum Gasteiger partial charge on any atom is -0.366 e. The Kier molecular flexibility index (Phi) is 2.16. The quantitative estimate of drug-likeness (QED) is 0.811. The molecule has 2 heterocycles. The summed E-state index contributed by atoms with van der Waals surface area (Å²) in [6.45, 7) is 0. The van der Waals surface area contributed by atoms with Crippen molar-refractivity contribution in [2.24, 2.45) is 5.73 Å². The van der Waals surface area contributed by atoms with E-state index in [2.05, 4.69) is 0 Å². The van der Waals surface area contributed by atoms with E-state index in [1.807, 2.05) is 22.9 Å². The number of rotatable bonds is 2. The van der Waals surface area contributed by atoms with Crippen molar-refractivity contribution in [2.75, 3.05) is 0 Å². The Balaban J connectivity index is 2.52. The van der Waals surface area contributed by atoms with Gasteiger partial charge in [-0.25, -0.2) is 0 Å². The predicted molar refractivity (Wildman–Crippen MR) is 56.1 cm³/mol. The molecular weight excluding hydrogens is 202 g/mol. The zero-order valence-electron chi connectivity index (χ0n) is 6.69. The molecule has 2 nitrogen and oxygen atoms in total. The Morgan fingerprint density at radius 2 is 2.08 bits per heavy atom. The molecule has 1 amide bonds. The molecule has 0 saturated heterocycles. The van der Waals surface area contributed by atoms with Crippen LogP contribution in [0, 0.1) is 0 Å². The summed E-state index contributed by atoms with van der Waals surface area (Å²) in [6, 6.07) is 5.72. The van der Waals surface area contributed by atoms with Crippen molar-refractivity contribution in [3.8, 4) is 9.75 Å². The van der Waals surface area contributed by atoms with Gasteiger partial charge in [-0.2, -0.15) is 0 Å². The molecule has 0 bridgehead atoms. The highest BCUT2D eigenvalue weighted by Gasteiger charge is 2.11. The molecule has 0 aliphatic heterocycles. The van der Waals surface area contributed by atoms with Crippen LogP contribution in [0.2, 0.25) is 0 Å². The maximum Gasteiger partial charge on any atom is 0.250 e. The van der Waals surface area contributed by atoms with Crippen LogP contribution in [0.4, 0.5) is 0 Å². The van der Waals surface area contributed by atoms with Gasteiger partial charge in [0.15, 0.2) is 0 Å². The van der Waals surface area contributed by atoms with Crippen molar-refractivity contribution in [3.05, 3.63) is 34.5 Å². The van der Waals surface area contributed by atoms with Crippen molar-refractivity contribution in [2.45, 2.75) is 0 Å². The summed E-state index contributed by atoms with van der Waals surface area (Å²) >= 11 is 3.16. The molecule has 0 aliphatic carbocycles. The topological polar surface area (TPSA) is 43.1 Å². The lowest BCUT2D eigenvalue weighted by Gasteiger charge is -1.94. The van der Waals surface area contributed by atoms with Gasteiger partial charge in [-0.3, -0.25) is 4.79 Å². The fourth-order valence-corrected chi connectivity index (χ4v) is 2.89. The molecule has 66 valence electrons. The zero-order chi connectivity index (χ0) is 9.26. The number of thiophene rings is 2. The number of hydrogen-bond donors (Lipinski definition) is 1. The van der Waals surface area contributed by atoms with Gasteiger partial charge in [-0.05, 0) is 22.9 Å². The van der Waals surface area contributed by atoms with Gasteiger partial charge in [0, 0.05) is 4.88 Å². The van der Waals surface area contributed by atoms with Gasteiger partial charge in [0.25, 0.3) is 0 Å². The highest BCUT2D eigenvalue weighted by Crippen LogP contribution is 2.32. The smallest absolute Gasteiger partial charge is 0.250 e. The van der Waals surface area contributed by atoms with Crippen LogP contribution in [-0.2, 0) is 0 Å². The molecule has 0 radical (unpaired) electrons. The van der Waals surface area contributed by atoms with Gasteiger partial charge in [-0.15, -0.1) is 22.7 Å². The van der Waals surface area contributed by atoms with Crippen LogP contribution in [0.25, 0.3) is 9.75 Å². The van der Waals surface area contributed by atoms with Crippen LogP contribution in [0.5, 0.6) is 0 Å². The molecule has 2 N–H and O–H groups in total. The summed E-state index contributed by atoms with van der Waals surface area (Å²) in [5, 5.41) is 3.87. The van der Waals surface area contributed by atoms with Gasteiger partial charge in [0.2, 0.25) is 5.91 Å². The van der Waals surface area contributed by atoms with Crippen molar-refractivity contribution in [1.29, 1.82) is 0 Å². The highest BCUT2D eigenvalue weighted by atomic mass is 32.1. The molecule has 0 atom stereocenters. The summed E-state index contributed by atoms with van der Waals surface area (Å²) in [4.78, 5) is 13.1. The molecule has 2 aromatic rings. The summed E-state index contributed by atoms with van der Waals surface area (Å²) in [7, 11) is 0. The molecule has 13 heavy (non-hydrogen) atoms. The standard InChI is InChI=1S/C9H7NOS2/c10-9(11)6-3-5-13-8(6)7-2-1-4-12-7/h1-5H,(H2,10,11). The number of primary amides is 1. The number of hydrogen-bond acceptors (Lipinski definition) is 3. The van der Waals surface area contributed by atoms with Crippen LogP contribution >= 0.6 is 22.7 Å². The lowest BCUT2D eigenvalue weighted by atomic mass is 10.2. The Morgan fingerprint density at radius 1 is 1.23 bits per heavy atom. The lowest BCUT2D eigenvalue weighted by molar-refractivity contribution is 0.100. The predicted octanol–water partition coefficient (Wildman–Crippen LogP) is 2.58. The van der Waals surface area contributed by atoms with Crippen molar-refractivity contribution < 1.29 is 4.79 Å². The lowest BCUT2D eigenvalue weighted by Crippen LogP contribution is -2.10. The first-order valence-corrected chi connectivity index (χ1v) is 5.46. The SMILES string of the molecule is NC(=O)c1ccsc1-c1cccs1. The third-order valence-electron chi connectivity index (χ3n) is 1.68. The first kappa shape index (κ1) is 8.47. The summed E-state index contributed by atoms with van der Waals surface area (Å²) in [6.07, 6.45) is 0. The monoisotopic (exact) mass is 209 g/mol. The van der Waals surface area contributed by atoms with Crippen LogP contribution in [-0.4, -0.2) is 5.91 Å². The van der Waals surface area contributed by atoms with E-state index >= 15 is 0 Å². The Hall–Kier alpha value is -1.13. The van der Waals surface area contributed by atoms with Crippen LogP contribution < -0.4 is 5.73 Å². The van der Waals surface area contributed by atoms with Crippen LogP contribution in [0.1, 0.15) is 10.4 Å². The minimum atomic E-state index is -0.357. The maximum atomic E-state index is 11.0. The summed E-state index contributed by atoms with van der Waals surface area (Å²) < 4.78 is 0. The molecule has 0 unspecified atom stereocenters. The molecule has 0 fully saturated rings. The van der Waals surface area contributed by atoms with Crippen molar-refractivity contribution >= 4 is 28.6 Å². The van der Waals surface area contributed by atoms with Gasteiger partial charge < -0.3 is 5.73 Å². The maximum absolute atomic E-state index is 11.0. The van der Waals surface area contributed by atoms with Gasteiger partial charge in [0.05, 0.1) is 10.4 Å². The second-order valence-electron chi connectivity index (χ2n) is 2.50. The van der Waals surface area contributed by atoms with Crippen molar-refractivity contribution in [3.63, 3.8) is 0 Å². The molecule has 0 aromatic carbocycles. The van der Waals surface area contributed by atoms with Crippen LogP contribution in [0.15, 0.2) is 29.0 Å². The molecule has 2 rings (SSSR count). The van der Waals surface area contributed by atoms with E-state index in [1.165, 1.54) is 0 Å². The average Bonchev–Trinajstić information content (AvgIpc) is 2.74.